The Hall–Kier alpha value is -1.88. The molecule has 18 heavy (non-hydrogen) atoms. The number of carbonyl (C=O) groups is 1. The molecule has 5 heteroatoms. The van der Waals surface area contributed by atoms with E-state index in [1.54, 1.807) is 35.7 Å². The highest BCUT2D eigenvalue weighted by atomic mass is 32.1. The van der Waals surface area contributed by atoms with E-state index in [4.69, 9.17) is 0 Å². The van der Waals surface area contributed by atoms with Crippen LogP contribution in [0.4, 0.5) is 0 Å². The molecule has 2 aromatic rings. The highest BCUT2D eigenvalue weighted by Crippen LogP contribution is 2.12. The molecule has 1 aromatic carbocycles. The average molecular weight is 262 g/mol. The van der Waals surface area contributed by atoms with Crippen molar-refractivity contribution >= 4 is 17.2 Å². The van der Waals surface area contributed by atoms with Gasteiger partial charge in [-0.2, -0.15) is 0 Å². The summed E-state index contributed by atoms with van der Waals surface area (Å²) in [5, 5.41) is 13.0. The smallest absolute Gasteiger partial charge is 0.224 e. The quantitative estimate of drug-likeness (QED) is 0.886. The Morgan fingerprint density at radius 3 is 3.00 bits per heavy atom. The van der Waals surface area contributed by atoms with Crippen molar-refractivity contribution in [2.24, 2.45) is 0 Å². The van der Waals surface area contributed by atoms with Gasteiger partial charge in [0.25, 0.3) is 0 Å². The van der Waals surface area contributed by atoms with E-state index in [0.29, 0.717) is 6.54 Å². The Morgan fingerprint density at radius 1 is 1.50 bits per heavy atom. The van der Waals surface area contributed by atoms with Crippen LogP contribution < -0.4 is 5.32 Å². The lowest BCUT2D eigenvalue weighted by Crippen LogP contribution is -2.24. The molecule has 2 rings (SSSR count). The third kappa shape index (κ3) is 3.56. The number of phenols is 1. The topological polar surface area (TPSA) is 62.2 Å². The first-order chi connectivity index (χ1) is 8.63. The summed E-state index contributed by atoms with van der Waals surface area (Å²) in [5.74, 6) is 0.101. The number of benzene rings is 1. The van der Waals surface area contributed by atoms with Gasteiger partial charge in [0.05, 0.1) is 13.0 Å². The van der Waals surface area contributed by atoms with Crippen molar-refractivity contribution in [1.29, 1.82) is 0 Å². The number of aromatic nitrogens is 1. The number of nitrogens with zero attached hydrogens (tertiary/aromatic N) is 1. The maximum Gasteiger partial charge on any atom is 0.224 e. The van der Waals surface area contributed by atoms with Crippen LogP contribution >= 0.6 is 11.3 Å². The normalized spacial score (nSPS) is 10.3. The fourth-order valence-electron chi connectivity index (χ4n) is 1.57. The molecule has 0 unspecified atom stereocenters. The number of amides is 1. The lowest BCUT2D eigenvalue weighted by atomic mass is 10.1. The fraction of sp³-hybridized carbons (Fsp3) is 0.231. The molecule has 94 valence electrons. The molecule has 1 aromatic heterocycles. The number of carbonyl (C=O) groups excluding carboxylic acids is 1. The zero-order valence-corrected chi connectivity index (χ0v) is 10.8. The van der Waals surface area contributed by atoms with Gasteiger partial charge in [-0.25, -0.2) is 4.98 Å². The summed E-state index contributed by atoms with van der Waals surface area (Å²) in [6, 6.07) is 6.71. The fourth-order valence-corrected chi connectivity index (χ4v) is 2.30. The Labute approximate surface area is 109 Å². The number of phenolic OH excluding ortho intramolecular Hbond substituents is 1. The van der Waals surface area contributed by atoms with Crippen LogP contribution in [0.2, 0.25) is 0 Å². The molecule has 2 N–H and O–H groups in total. The summed E-state index contributed by atoms with van der Waals surface area (Å²) in [7, 11) is 0. The predicted octanol–water partition coefficient (Wildman–Crippen LogP) is 2.02. The predicted molar refractivity (Wildman–Crippen MR) is 70.5 cm³/mol. The molecule has 0 saturated heterocycles. The van der Waals surface area contributed by atoms with Crippen LogP contribution in [0.5, 0.6) is 5.75 Å². The van der Waals surface area contributed by atoms with Gasteiger partial charge in [0, 0.05) is 11.1 Å². The molecule has 0 fully saturated rings. The van der Waals surface area contributed by atoms with E-state index in [9.17, 15) is 9.90 Å². The molecule has 0 saturated carbocycles. The van der Waals surface area contributed by atoms with Gasteiger partial charge in [-0.05, 0) is 24.6 Å². The van der Waals surface area contributed by atoms with Crippen LogP contribution in [-0.4, -0.2) is 16.0 Å². The number of aryl methyl sites for hydroxylation is 1. The van der Waals surface area contributed by atoms with Crippen molar-refractivity contribution in [2.45, 2.75) is 19.9 Å². The Morgan fingerprint density at radius 2 is 2.33 bits per heavy atom. The standard InChI is InChI=1S/C13H14N2O2S/c1-9-7-15-13(18-9)8-14-12(17)6-10-3-2-4-11(16)5-10/h2-5,7,16H,6,8H2,1H3,(H,14,17). The third-order valence-corrected chi connectivity index (χ3v) is 3.29. The summed E-state index contributed by atoms with van der Waals surface area (Å²) in [6.07, 6.45) is 2.06. The molecular formula is C13H14N2O2S. The van der Waals surface area contributed by atoms with Gasteiger partial charge >= 0.3 is 0 Å². The molecule has 1 amide bonds. The van der Waals surface area contributed by atoms with Crippen molar-refractivity contribution in [2.75, 3.05) is 0 Å². The summed E-state index contributed by atoms with van der Waals surface area (Å²) in [6.45, 7) is 2.44. The summed E-state index contributed by atoms with van der Waals surface area (Å²) in [4.78, 5) is 17.0. The van der Waals surface area contributed by atoms with Crippen LogP contribution in [0.25, 0.3) is 0 Å². The molecule has 0 aliphatic carbocycles. The molecule has 0 spiro atoms. The van der Waals surface area contributed by atoms with Gasteiger partial charge in [0.15, 0.2) is 0 Å². The lowest BCUT2D eigenvalue weighted by Gasteiger charge is -2.03. The van der Waals surface area contributed by atoms with E-state index in [1.807, 2.05) is 13.0 Å². The maximum atomic E-state index is 11.7. The number of aromatic hydroxyl groups is 1. The number of nitrogens with one attached hydrogen (secondary N) is 1. The zero-order chi connectivity index (χ0) is 13.0. The van der Waals surface area contributed by atoms with E-state index in [2.05, 4.69) is 10.3 Å². The second kappa shape index (κ2) is 5.64. The SMILES string of the molecule is Cc1cnc(CNC(=O)Cc2cccc(O)c2)s1. The van der Waals surface area contributed by atoms with E-state index >= 15 is 0 Å². The Balaban J connectivity index is 1.85. The highest BCUT2D eigenvalue weighted by molar-refractivity contribution is 7.11. The molecule has 0 aliphatic heterocycles. The van der Waals surface area contributed by atoms with Gasteiger partial charge in [-0.3, -0.25) is 4.79 Å². The van der Waals surface area contributed by atoms with Gasteiger partial charge < -0.3 is 10.4 Å². The lowest BCUT2D eigenvalue weighted by molar-refractivity contribution is -0.120. The summed E-state index contributed by atoms with van der Waals surface area (Å²) >= 11 is 1.57. The van der Waals surface area contributed by atoms with Crippen LogP contribution in [0.15, 0.2) is 30.5 Å². The van der Waals surface area contributed by atoms with Gasteiger partial charge in [-0.1, -0.05) is 12.1 Å². The first-order valence-electron chi connectivity index (χ1n) is 5.59. The minimum Gasteiger partial charge on any atom is -0.508 e. The van der Waals surface area contributed by atoms with Crippen LogP contribution in [0, 0.1) is 6.92 Å². The number of rotatable bonds is 4. The highest BCUT2D eigenvalue weighted by Gasteiger charge is 2.05. The number of thiazole rings is 1. The number of hydrogen-bond donors (Lipinski definition) is 2. The van der Waals surface area contributed by atoms with E-state index in [-0.39, 0.29) is 18.1 Å². The molecule has 0 atom stereocenters. The minimum absolute atomic E-state index is 0.0755. The van der Waals surface area contributed by atoms with E-state index in [1.165, 1.54) is 0 Å². The van der Waals surface area contributed by atoms with Gasteiger partial charge in [0.1, 0.15) is 10.8 Å². The second-order valence-electron chi connectivity index (χ2n) is 3.99. The number of hydrogen-bond acceptors (Lipinski definition) is 4. The second-order valence-corrected chi connectivity index (χ2v) is 5.31. The van der Waals surface area contributed by atoms with Crippen molar-refractivity contribution in [3.8, 4) is 5.75 Å². The zero-order valence-electron chi connectivity index (χ0n) is 10.0. The monoisotopic (exact) mass is 262 g/mol. The van der Waals surface area contributed by atoms with E-state index < -0.39 is 0 Å². The van der Waals surface area contributed by atoms with Gasteiger partial charge in [-0.15, -0.1) is 11.3 Å². The van der Waals surface area contributed by atoms with Gasteiger partial charge in [0.2, 0.25) is 5.91 Å². The average Bonchev–Trinajstić information content (AvgIpc) is 2.73. The molecule has 4 nitrogen and oxygen atoms in total. The van der Waals surface area contributed by atoms with Crippen LogP contribution in [0.1, 0.15) is 15.4 Å². The van der Waals surface area contributed by atoms with Crippen molar-refractivity contribution in [3.63, 3.8) is 0 Å². The molecular weight excluding hydrogens is 248 g/mol. The van der Waals surface area contributed by atoms with Crippen LogP contribution in [-0.2, 0) is 17.8 Å². The maximum absolute atomic E-state index is 11.7. The van der Waals surface area contributed by atoms with Crippen molar-refractivity contribution < 1.29 is 9.90 Å². The molecule has 0 aliphatic rings. The molecule has 0 bridgehead atoms. The molecule has 1 heterocycles. The first-order valence-corrected chi connectivity index (χ1v) is 6.41. The Bertz CT molecular complexity index is 551. The summed E-state index contributed by atoms with van der Waals surface area (Å²) < 4.78 is 0. The Kier molecular flexibility index (Phi) is 3.94. The minimum atomic E-state index is -0.0755. The largest absolute Gasteiger partial charge is 0.508 e. The van der Waals surface area contributed by atoms with Crippen molar-refractivity contribution in [1.82, 2.24) is 10.3 Å². The van der Waals surface area contributed by atoms with E-state index in [0.717, 1.165) is 15.4 Å². The summed E-state index contributed by atoms with van der Waals surface area (Å²) in [5.41, 5.74) is 0.794. The van der Waals surface area contributed by atoms with Crippen molar-refractivity contribution in [3.05, 3.63) is 45.9 Å². The third-order valence-electron chi connectivity index (χ3n) is 2.38. The van der Waals surface area contributed by atoms with Crippen LogP contribution in [0.3, 0.4) is 0 Å². The first kappa shape index (κ1) is 12.6. The molecule has 0 radical (unpaired) electrons.